The van der Waals surface area contributed by atoms with Crippen molar-refractivity contribution < 1.29 is 115 Å². The summed E-state index contributed by atoms with van der Waals surface area (Å²) in [6.45, 7) is 18.7. The largest absolute Gasteiger partial charge is 0.463 e. The molecule has 12 saturated heterocycles. The van der Waals surface area contributed by atoms with E-state index >= 15 is 0 Å². The lowest BCUT2D eigenvalue weighted by Gasteiger charge is -2.65. The monoisotopic (exact) mass is 1270 g/mol. The third-order valence-corrected chi connectivity index (χ3v) is 24.0. The minimum atomic E-state index is -1.52. The molecule has 0 aromatic rings. The summed E-state index contributed by atoms with van der Waals surface area (Å²) in [6, 6.07) is -0.132. The van der Waals surface area contributed by atoms with Crippen LogP contribution in [0.4, 0.5) is 0 Å². The molecule has 25 heteroatoms. The highest BCUT2D eigenvalue weighted by Crippen LogP contribution is 2.67. The number of hydrogen-bond donors (Lipinski definition) is 1. The summed E-state index contributed by atoms with van der Waals surface area (Å²) in [7, 11) is 0. The van der Waals surface area contributed by atoms with Crippen molar-refractivity contribution in [3.63, 3.8) is 0 Å². The first-order valence-electron chi connectivity index (χ1n) is 33.7. The van der Waals surface area contributed by atoms with Crippen LogP contribution < -0.4 is 5.32 Å². The topological polar surface area (TPSA) is 281 Å². The molecule has 4 aliphatic carbocycles. The smallest absolute Gasteiger partial charge is 0.308 e. The van der Waals surface area contributed by atoms with E-state index in [4.69, 9.17) is 86.2 Å². The van der Waals surface area contributed by atoms with Gasteiger partial charge in [-0.05, 0) is 127 Å². The van der Waals surface area contributed by atoms with Crippen molar-refractivity contribution in [2.45, 2.75) is 281 Å². The van der Waals surface area contributed by atoms with Gasteiger partial charge in [-0.1, -0.05) is 48.5 Å². The molecule has 0 aromatic heterocycles. The molecule has 0 unspecified atom stereocenters. The van der Waals surface area contributed by atoms with E-state index in [-0.39, 0.29) is 85.5 Å². The summed E-state index contributed by atoms with van der Waals surface area (Å²) in [5.41, 5.74) is -4.71. The Morgan fingerprint density at radius 3 is 1.26 bits per heavy atom. The molecule has 4 saturated carbocycles. The van der Waals surface area contributed by atoms with E-state index in [0.29, 0.717) is 49.9 Å². The van der Waals surface area contributed by atoms with Crippen LogP contribution in [0.3, 0.4) is 0 Å². The molecule has 16 fully saturated rings. The van der Waals surface area contributed by atoms with E-state index in [9.17, 15) is 28.8 Å². The van der Waals surface area contributed by atoms with Crippen molar-refractivity contribution in [1.29, 1.82) is 0 Å². The molecule has 0 aromatic carbocycles. The zero-order chi connectivity index (χ0) is 63.6. The number of ether oxygens (including phenoxy) is 12. The predicted octanol–water partition coefficient (Wildman–Crippen LogP) is 8.09. The van der Waals surface area contributed by atoms with E-state index in [1.165, 1.54) is 0 Å². The number of hydrogen-bond acceptors (Lipinski definition) is 25. The standard InChI is InChI=1S/C65H95NO24/c1-34-11-15-44-37(4)52(79-55-63(44)41(34)24-28-59(8,82-55)85-88-63)76-49(70)20-17-46(67)73-31-62(66-40-13-14-40,32-74-47(68)18-21-50(71)77-53-38(5)45-16-12-35(2)42-25-29-60(9)83-56(80-53)64(42,45)89-86-60)33-75-48(69)19-22-51(72)78-54-39(6)58(7)27-23-36(3)43-26-30-61(10)84-57(81-54)65(43,58)90-87-61/h34-45,52-57,66H,11-33H2,1-10H3/t34-,35-,36-,37-,38-,39+,41+,42+,43+,44+,45+,52-,53-,54-,55-,56-,57-,58+,59-,60-,61-,63-,64-,65+/m1/s1. The summed E-state index contributed by atoms with van der Waals surface area (Å²) in [4.78, 5) is 119. The summed E-state index contributed by atoms with van der Waals surface area (Å²) in [5.74, 6) is -7.33. The lowest BCUT2D eigenvalue weighted by Crippen LogP contribution is -2.74. The second-order valence-electron chi connectivity index (χ2n) is 30.1. The van der Waals surface area contributed by atoms with Gasteiger partial charge in [-0.3, -0.25) is 34.1 Å². The summed E-state index contributed by atoms with van der Waals surface area (Å²) in [6.07, 6.45) is 3.20. The minimum absolute atomic E-state index is 0.0836. The molecule has 24 atom stereocenters. The molecule has 12 aliphatic heterocycles. The fraction of sp³-hybridized carbons (Fsp3) is 0.908. The maximum atomic E-state index is 13.7. The number of carbonyl (C=O) groups excluding carboxylic acids is 6. The Balaban J connectivity index is 0.640. The molecule has 16 rings (SSSR count). The summed E-state index contributed by atoms with van der Waals surface area (Å²) >= 11 is 0. The fourth-order valence-corrected chi connectivity index (χ4v) is 18.3. The molecular formula is C65H95NO24. The van der Waals surface area contributed by atoms with Crippen molar-refractivity contribution in [2.24, 2.45) is 70.5 Å². The first-order valence-corrected chi connectivity index (χ1v) is 33.7. The summed E-state index contributed by atoms with van der Waals surface area (Å²) in [5, 5.41) is 3.38. The van der Waals surface area contributed by atoms with Crippen molar-refractivity contribution >= 4 is 35.8 Å². The van der Waals surface area contributed by atoms with Crippen LogP contribution in [0.25, 0.3) is 0 Å². The first-order chi connectivity index (χ1) is 42.7. The molecule has 0 amide bonds. The Labute approximate surface area is 525 Å². The molecule has 504 valence electrons. The van der Waals surface area contributed by atoms with E-state index in [1.54, 1.807) is 0 Å². The number of fused-ring (bicyclic) bond motifs is 6. The molecule has 90 heavy (non-hydrogen) atoms. The van der Waals surface area contributed by atoms with Crippen LogP contribution in [0.2, 0.25) is 0 Å². The van der Waals surface area contributed by atoms with Crippen molar-refractivity contribution in [2.75, 3.05) is 19.8 Å². The fourth-order valence-electron chi connectivity index (χ4n) is 18.3. The van der Waals surface area contributed by atoms with Crippen LogP contribution in [0.5, 0.6) is 0 Å². The highest BCUT2D eigenvalue weighted by Gasteiger charge is 2.76. The first kappa shape index (κ1) is 65.0. The van der Waals surface area contributed by atoms with Crippen LogP contribution in [0, 0.1) is 70.5 Å². The maximum Gasteiger partial charge on any atom is 0.308 e. The van der Waals surface area contributed by atoms with Crippen LogP contribution in [0.1, 0.15) is 198 Å². The van der Waals surface area contributed by atoms with Gasteiger partial charge in [-0.2, -0.15) is 0 Å². The van der Waals surface area contributed by atoms with Crippen LogP contribution in [-0.4, -0.2) is 139 Å². The van der Waals surface area contributed by atoms with Gasteiger partial charge in [0.2, 0.25) is 36.2 Å². The lowest BCUT2D eigenvalue weighted by molar-refractivity contribution is -0.586. The summed E-state index contributed by atoms with van der Waals surface area (Å²) < 4.78 is 74.2. The van der Waals surface area contributed by atoms with E-state index in [1.807, 2.05) is 41.5 Å². The van der Waals surface area contributed by atoms with Gasteiger partial charge in [0, 0.05) is 60.3 Å². The molecular weight excluding hydrogens is 1180 g/mol. The van der Waals surface area contributed by atoms with Crippen LogP contribution >= 0.6 is 0 Å². The minimum Gasteiger partial charge on any atom is -0.463 e. The molecule has 6 bridgehead atoms. The third kappa shape index (κ3) is 11.4. The van der Waals surface area contributed by atoms with Crippen molar-refractivity contribution in [3.8, 4) is 0 Å². The quantitative estimate of drug-likeness (QED) is 0.0684. The molecule has 3 spiro atoms. The number of nitrogens with one attached hydrogen (secondary N) is 1. The second kappa shape index (κ2) is 24.2. The maximum absolute atomic E-state index is 13.7. The molecule has 25 nitrogen and oxygen atoms in total. The van der Waals surface area contributed by atoms with Gasteiger partial charge in [0.25, 0.3) is 0 Å². The van der Waals surface area contributed by atoms with Gasteiger partial charge in [0.15, 0.2) is 35.7 Å². The SMILES string of the molecule is C[C@H]1[C@H](OC(=O)CCC(=O)OCC(COC(=O)CCC(=O)O[C@@H]2O[C@@H]3O[C@@]4(C)CC[C@H]5[C@H](C)CC[C@@H]([C@H]2C)[C@@]35OO4)(COC(=O)CCC(=O)O[C@@H]2O[C@@H]3O[C@@]4(C)CC[C@H]5[C@H](C)CC[C@@](C)([C@H]2C)[C@@]35OO4)NC2CC2)O[C@@H]2O[C@@]3(C)CC[C@H]4[C@H](C)CC[C@@H]1[C@@]24OO3. The molecule has 1 N–H and O–H groups in total. The van der Waals surface area contributed by atoms with E-state index in [0.717, 1.165) is 57.8 Å². The van der Waals surface area contributed by atoms with Crippen molar-refractivity contribution in [1.82, 2.24) is 5.32 Å². The van der Waals surface area contributed by atoms with Gasteiger partial charge >= 0.3 is 35.8 Å². The third-order valence-electron chi connectivity index (χ3n) is 24.0. The average Bonchev–Trinajstić information content (AvgIpc) is 1.50. The zero-order valence-corrected chi connectivity index (χ0v) is 54.0. The number of rotatable bonds is 20. The normalized spacial score (nSPS) is 47.5. The van der Waals surface area contributed by atoms with Crippen molar-refractivity contribution in [3.05, 3.63) is 0 Å². The zero-order valence-electron chi connectivity index (χ0n) is 54.0. The average molecular weight is 1270 g/mol. The predicted molar refractivity (Wildman–Crippen MR) is 303 cm³/mol. The Bertz CT molecular complexity index is 2640. The van der Waals surface area contributed by atoms with E-state index in [2.05, 4.69) is 33.0 Å². The van der Waals surface area contributed by atoms with E-state index < -0.39 is 145 Å². The van der Waals surface area contributed by atoms with Gasteiger partial charge in [-0.25, -0.2) is 29.3 Å². The second-order valence-corrected chi connectivity index (χ2v) is 30.1. The van der Waals surface area contributed by atoms with Gasteiger partial charge in [0.1, 0.15) is 25.4 Å². The Morgan fingerprint density at radius 1 is 0.411 bits per heavy atom. The highest BCUT2D eigenvalue weighted by molar-refractivity contribution is 5.79. The lowest BCUT2D eigenvalue weighted by atomic mass is 9.50. The van der Waals surface area contributed by atoms with Gasteiger partial charge in [0.05, 0.1) is 38.5 Å². The Hall–Kier alpha value is -3.70. The number of esters is 6. The number of carbonyl (C=O) groups is 6. The highest BCUT2D eigenvalue weighted by atomic mass is 17.3. The Kier molecular flexibility index (Phi) is 17.5. The Morgan fingerprint density at radius 2 is 0.800 bits per heavy atom. The molecule has 0 radical (unpaired) electrons. The van der Waals surface area contributed by atoms with Gasteiger partial charge in [-0.15, -0.1) is 0 Å². The van der Waals surface area contributed by atoms with Crippen LogP contribution in [-0.2, 0) is 115 Å². The molecule has 12 heterocycles. The van der Waals surface area contributed by atoms with Gasteiger partial charge < -0.3 is 56.8 Å². The molecule has 16 aliphatic rings. The van der Waals surface area contributed by atoms with Crippen LogP contribution in [0.15, 0.2) is 0 Å².